The van der Waals surface area contributed by atoms with Crippen LogP contribution in [0.25, 0.3) is 0 Å². The zero-order valence-electron chi connectivity index (χ0n) is 11.2. The maximum Gasteiger partial charge on any atom is 0.418 e. The Kier molecular flexibility index (Phi) is 4.36. The summed E-state index contributed by atoms with van der Waals surface area (Å²) in [5.41, 5.74) is 4.06. The van der Waals surface area contributed by atoms with Crippen molar-refractivity contribution < 1.29 is 18.1 Å². The van der Waals surface area contributed by atoms with Crippen molar-refractivity contribution in [1.29, 1.82) is 0 Å². The van der Waals surface area contributed by atoms with Crippen molar-refractivity contribution in [2.45, 2.75) is 43.9 Å². The normalized spacial score (nSPS) is 22.9. The molecule has 0 heterocycles. The molecule has 0 aliphatic heterocycles. The molecule has 0 radical (unpaired) electrons. The first-order chi connectivity index (χ1) is 9.77. The van der Waals surface area contributed by atoms with Crippen LogP contribution in [0.4, 0.5) is 24.5 Å². The summed E-state index contributed by atoms with van der Waals surface area (Å²) in [4.78, 5) is 9.79. The Morgan fingerprint density at radius 3 is 2.38 bits per heavy atom. The topological polar surface area (TPSA) is 81.2 Å². The minimum absolute atomic E-state index is 0.0904. The van der Waals surface area contributed by atoms with Crippen LogP contribution < -0.4 is 11.1 Å². The highest BCUT2D eigenvalue weighted by atomic mass is 19.4. The van der Waals surface area contributed by atoms with Crippen molar-refractivity contribution in [2.75, 3.05) is 5.32 Å². The third kappa shape index (κ3) is 3.84. The van der Waals surface area contributed by atoms with Crippen LogP contribution in [0.2, 0.25) is 0 Å². The summed E-state index contributed by atoms with van der Waals surface area (Å²) >= 11 is 0. The smallest absolute Gasteiger partial charge is 0.382 e. The number of nitro benzene ring substituents is 1. The molecule has 8 heteroatoms. The summed E-state index contributed by atoms with van der Waals surface area (Å²) in [5.74, 6) is 0. The molecule has 1 fully saturated rings. The third-order valence-electron chi connectivity index (χ3n) is 3.65. The number of nitrogens with one attached hydrogen (secondary N) is 1. The van der Waals surface area contributed by atoms with E-state index in [0.717, 1.165) is 25.0 Å². The van der Waals surface area contributed by atoms with Gasteiger partial charge in [-0.15, -0.1) is 0 Å². The second kappa shape index (κ2) is 5.88. The molecule has 1 aromatic rings. The van der Waals surface area contributed by atoms with E-state index in [1.165, 1.54) is 0 Å². The number of non-ortho nitro benzene ring substituents is 1. The van der Waals surface area contributed by atoms with Crippen LogP contribution in [0, 0.1) is 10.1 Å². The first-order valence-corrected chi connectivity index (χ1v) is 6.65. The Balaban J connectivity index is 2.24. The van der Waals surface area contributed by atoms with Crippen molar-refractivity contribution in [3.63, 3.8) is 0 Å². The van der Waals surface area contributed by atoms with Crippen molar-refractivity contribution in [3.05, 3.63) is 33.9 Å². The van der Waals surface area contributed by atoms with Gasteiger partial charge in [-0.1, -0.05) is 0 Å². The van der Waals surface area contributed by atoms with Crippen molar-refractivity contribution >= 4 is 11.4 Å². The number of alkyl halides is 3. The Morgan fingerprint density at radius 2 is 1.86 bits per heavy atom. The highest BCUT2D eigenvalue weighted by Crippen LogP contribution is 2.38. The van der Waals surface area contributed by atoms with E-state index < -0.39 is 22.4 Å². The molecule has 116 valence electrons. The van der Waals surface area contributed by atoms with Gasteiger partial charge in [-0.2, -0.15) is 13.2 Å². The van der Waals surface area contributed by atoms with Gasteiger partial charge in [0.2, 0.25) is 0 Å². The minimum atomic E-state index is -4.64. The van der Waals surface area contributed by atoms with Crippen LogP contribution in [0.3, 0.4) is 0 Å². The number of nitro groups is 1. The summed E-state index contributed by atoms with van der Waals surface area (Å²) in [6.07, 6.45) is -1.75. The van der Waals surface area contributed by atoms with Gasteiger partial charge < -0.3 is 11.1 Å². The van der Waals surface area contributed by atoms with E-state index in [1.54, 1.807) is 0 Å². The minimum Gasteiger partial charge on any atom is -0.382 e. The number of hydrogen-bond acceptors (Lipinski definition) is 4. The quantitative estimate of drug-likeness (QED) is 0.663. The molecule has 0 bridgehead atoms. The molecular weight excluding hydrogens is 287 g/mol. The first kappa shape index (κ1) is 15.6. The summed E-state index contributed by atoms with van der Waals surface area (Å²) in [6, 6.07) is 2.77. The Labute approximate surface area is 119 Å². The fourth-order valence-corrected chi connectivity index (χ4v) is 2.49. The Bertz CT molecular complexity index is 526. The molecule has 0 aromatic heterocycles. The Hall–Kier alpha value is -1.83. The monoisotopic (exact) mass is 303 g/mol. The third-order valence-corrected chi connectivity index (χ3v) is 3.65. The summed E-state index contributed by atoms with van der Waals surface area (Å²) < 4.78 is 39.1. The Morgan fingerprint density at radius 1 is 1.24 bits per heavy atom. The molecular formula is C13H16F3N3O2. The van der Waals surface area contributed by atoms with Crippen molar-refractivity contribution in [1.82, 2.24) is 0 Å². The zero-order chi connectivity index (χ0) is 15.6. The molecule has 0 atom stereocenters. The number of nitrogens with zero attached hydrogens (tertiary/aromatic N) is 1. The molecule has 21 heavy (non-hydrogen) atoms. The van der Waals surface area contributed by atoms with Crippen LogP contribution in [0.1, 0.15) is 31.2 Å². The van der Waals surface area contributed by atoms with Gasteiger partial charge in [0.05, 0.1) is 10.5 Å². The number of benzene rings is 1. The van der Waals surface area contributed by atoms with E-state index in [-0.39, 0.29) is 17.8 Å². The predicted molar refractivity (Wildman–Crippen MR) is 72.0 cm³/mol. The van der Waals surface area contributed by atoms with Crippen LogP contribution in [-0.4, -0.2) is 17.0 Å². The maximum atomic E-state index is 13.0. The zero-order valence-corrected chi connectivity index (χ0v) is 11.2. The van der Waals surface area contributed by atoms with E-state index in [1.807, 2.05) is 0 Å². The largest absolute Gasteiger partial charge is 0.418 e. The summed E-state index contributed by atoms with van der Waals surface area (Å²) in [6.45, 7) is 0. The molecule has 1 saturated carbocycles. The average molecular weight is 303 g/mol. The summed E-state index contributed by atoms with van der Waals surface area (Å²) in [7, 11) is 0. The molecule has 0 saturated heterocycles. The molecule has 0 amide bonds. The van der Waals surface area contributed by atoms with E-state index in [0.29, 0.717) is 18.9 Å². The molecule has 1 aliphatic rings. The lowest BCUT2D eigenvalue weighted by atomic mass is 9.91. The van der Waals surface area contributed by atoms with Crippen LogP contribution >= 0.6 is 0 Å². The maximum absolute atomic E-state index is 13.0. The lowest BCUT2D eigenvalue weighted by Crippen LogP contribution is -2.33. The van der Waals surface area contributed by atoms with Gasteiger partial charge in [0.15, 0.2) is 0 Å². The molecule has 0 unspecified atom stereocenters. The lowest BCUT2D eigenvalue weighted by Gasteiger charge is -2.28. The molecule has 1 aromatic carbocycles. The SMILES string of the molecule is NC1CCC(Nc2ccc([N+](=O)[O-])cc2C(F)(F)F)CC1. The van der Waals surface area contributed by atoms with E-state index >= 15 is 0 Å². The van der Waals surface area contributed by atoms with E-state index in [2.05, 4.69) is 5.32 Å². The van der Waals surface area contributed by atoms with Gasteiger partial charge in [0.1, 0.15) is 0 Å². The number of nitrogens with two attached hydrogens (primary N) is 1. The highest BCUT2D eigenvalue weighted by molar-refractivity contribution is 5.58. The average Bonchev–Trinajstić information content (AvgIpc) is 2.40. The second-order valence-corrected chi connectivity index (χ2v) is 5.24. The molecule has 3 N–H and O–H groups in total. The van der Waals surface area contributed by atoms with Crippen LogP contribution in [-0.2, 0) is 6.18 Å². The fraction of sp³-hybridized carbons (Fsp3) is 0.538. The van der Waals surface area contributed by atoms with Crippen LogP contribution in [0.15, 0.2) is 18.2 Å². The molecule has 2 rings (SSSR count). The lowest BCUT2D eigenvalue weighted by molar-refractivity contribution is -0.385. The number of hydrogen-bond donors (Lipinski definition) is 2. The van der Waals surface area contributed by atoms with Gasteiger partial charge in [0.25, 0.3) is 5.69 Å². The first-order valence-electron chi connectivity index (χ1n) is 6.65. The predicted octanol–water partition coefficient (Wildman–Crippen LogP) is 3.30. The number of rotatable bonds is 3. The molecule has 5 nitrogen and oxygen atoms in total. The van der Waals surface area contributed by atoms with E-state index in [9.17, 15) is 23.3 Å². The van der Waals surface area contributed by atoms with Gasteiger partial charge in [0, 0.05) is 29.9 Å². The second-order valence-electron chi connectivity index (χ2n) is 5.24. The molecule has 1 aliphatic carbocycles. The standard InChI is InChI=1S/C13H16F3N3O2/c14-13(15,16)11-7-10(19(20)21)5-6-12(11)18-9-3-1-8(17)2-4-9/h5-9,18H,1-4,17H2. The van der Waals surface area contributed by atoms with Gasteiger partial charge in [-0.25, -0.2) is 0 Å². The fourth-order valence-electron chi connectivity index (χ4n) is 2.49. The van der Waals surface area contributed by atoms with Gasteiger partial charge >= 0.3 is 6.18 Å². The summed E-state index contributed by atoms with van der Waals surface area (Å²) in [5, 5.41) is 13.5. The van der Waals surface area contributed by atoms with Crippen molar-refractivity contribution in [2.24, 2.45) is 5.73 Å². The number of anilines is 1. The van der Waals surface area contributed by atoms with Gasteiger partial charge in [-0.3, -0.25) is 10.1 Å². The number of halogens is 3. The van der Waals surface area contributed by atoms with Crippen LogP contribution in [0.5, 0.6) is 0 Å². The highest BCUT2D eigenvalue weighted by Gasteiger charge is 2.35. The van der Waals surface area contributed by atoms with Gasteiger partial charge in [-0.05, 0) is 31.7 Å². The van der Waals surface area contributed by atoms with E-state index in [4.69, 9.17) is 5.73 Å². The van der Waals surface area contributed by atoms with Crippen molar-refractivity contribution in [3.8, 4) is 0 Å². The molecule has 0 spiro atoms.